The minimum absolute atomic E-state index is 0. The molecule has 5 heteroatoms. The second-order valence-electron chi connectivity index (χ2n) is 2.35. The minimum atomic E-state index is 0. The molecule has 1 saturated heterocycles. The van der Waals surface area contributed by atoms with E-state index in [0.29, 0.717) is 0 Å². The normalized spacial score (nSPS) is 19.2. The van der Waals surface area contributed by atoms with Gasteiger partial charge >= 0.3 is 0 Å². The molecule has 0 aromatic carbocycles. The van der Waals surface area contributed by atoms with Gasteiger partial charge in [-0.2, -0.15) is 0 Å². The summed E-state index contributed by atoms with van der Waals surface area (Å²) in [5.74, 6) is 0. The maximum Gasteiger partial charge on any atom is 0.0213 e. The Bertz CT molecular complexity index is 80.5. The van der Waals surface area contributed by atoms with E-state index in [1.54, 1.807) is 11.9 Å². The summed E-state index contributed by atoms with van der Waals surface area (Å²) in [4.78, 5) is 0. The van der Waals surface area contributed by atoms with E-state index in [1.165, 1.54) is 19.4 Å². The van der Waals surface area contributed by atoms with Gasteiger partial charge < -0.3 is 5.32 Å². The van der Waals surface area contributed by atoms with E-state index in [0.717, 1.165) is 12.6 Å². The molecule has 0 aromatic heterocycles. The topological polar surface area (TPSA) is 24.1 Å². The molecule has 1 aliphatic heterocycles. The summed E-state index contributed by atoms with van der Waals surface area (Å²) in [6.45, 7) is 6.32. The maximum absolute atomic E-state index is 3.42. The molecule has 1 rings (SSSR count). The molecule has 0 bridgehead atoms. The van der Waals surface area contributed by atoms with Gasteiger partial charge in [0, 0.05) is 78.0 Å². The van der Waals surface area contributed by atoms with Gasteiger partial charge in [-0.1, -0.05) is 25.8 Å². The zero-order chi connectivity index (χ0) is 8.53. The summed E-state index contributed by atoms with van der Waals surface area (Å²) in [7, 11) is 0. The quantitative estimate of drug-likeness (QED) is 0.754. The van der Waals surface area contributed by atoms with E-state index in [4.69, 9.17) is 0 Å². The molecular weight excluding hydrogens is 334 g/mol. The van der Waals surface area contributed by atoms with E-state index in [-0.39, 0.29) is 65.4 Å². The Morgan fingerprint density at radius 3 is 2.38 bits per heavy atom. The fourth-order valence-corrected chi connectivity index (χ4v) is 1.48. The summed E-state index contributed by atoms with van der Waals surface area (Å²) < 4.78 is 3.24. The van der Waals surface area contributed by atoms with Gasteiger partial charge in [0.25, 0.3) is 0 Å². The fraction of sp³-hybridized carbons (Fsp3) is 1.00. The first kappa shape index (κ1) is 20.8. The average Bonchev–Trinajstić information content (AvgIpc) is 2.57. The van der Waals surface area contributed by atoms with Gasteiger partial charge in [0.05, 0.1) is 0 Å². The van der Waals surface area contributed by atoms with Gasteiger partial charge in [-0.3, -0.25) is 4.72 Å². The van der Waals surface area contributed by atoms with Crippen LogP contribution < -0.4 is 10.0 Å². The van der Waals surface area contributed by atoms with Crippen LogP contribution in [0.1, 0.15) is 26.7 Å². The maximum atomic E-state index is 3.42. The van der Waals surface area contributed by atoms with Gasteiger partial charge in [-0.15, -0.1) is 0 Å². The number of rotatable bonds is 3. The van der Waals surface area contributed by atoms with Crippen molar-refractivity contribution in [2.75, 3.05) is 19.3 Å². The van der Waals surface area contributed by atoms with Crippen LogP contribution in [0, 0.1) is 0 Å². The van der Waals surface area contributed by atoms with Crippen molar-refractivity contribution >= 4 is 11.9 Å². The van der Waals surface area contributed by atoms with Crippen LogP contribution in [0.25, 0.3) is 0 Å². The van der Waals surface area contributed by atoms with Gasteiger partial charge in [-0.05, 0) is 25.6 Å². The fourth-order valence-electron chi connectivity index (χ4n) is 1.11. The molecule has 0 spiro atoms. The Morgan fingerprint density at radius 2 is 2.00 bits per heavy atom. The molecule has 1 heterocycles. The van der Waals surface area contributed by atoms with Crippen LogP contribution in [0.4, 0.5) is 0 Å². The predicted molar refractivity (Wildman–Crippen MR) is 53.9 cm³/mol. The molecule has 74 valence electrons. The standard InChI is InChI=1S/C6H14N2S.C2H6.2Y/c1-9-8-5-6-3-2-4-7-6;1-2;;/h6-8H,2-5H2,1H3;1-2H3;;. The third-order valence-corrected chi connectivity index (χ3v) is 2.09. The Morgan fingerprint density at radius 1 is 1.38 bits per heavy atom. The van der Waals surface area contributed by atoms with Crippen LogP contribution in [-0.2, 0) is 65.4 Å². The molecule has 1 fully saturated rings. The van der Waals surface area contributed by atoms with Crippen LogP contribution in [-0.4, -0.2) is 25.4 Å². The molecule has 13 heavy (non-hydrogen) atoms. The molecule has 2 N–H and O–H groups in total. The number of hydrogen-bond acceptors (Lipinski definition) is 3. The van der Waals surface area contributed by atoms with Crippen LogP contribution in [0.5, 0.6) is 0 Å². The molecule has 0 amide bonds. The molecule has 1 unspecified atom stereocenters. The van der Waals surface area contributed by atoms with Gasteiger partial charge in [0.15, 0.2) is 0 Å². The Balaban J connectivity index is -0.000000234. The van der Waals surface area contributed by atoms with Crippen LogP contribution in [0.2, 0.25) is 0 Å². The van der Waals surface area contributed by atoms with Crippen molar-refractivity contribution in [3.8, 4) is 0 Å². The zero-order valence-electron chi connectivity index (χ0n) is 8.97. The molecule has 0 saturated carbocycles. The van der Waals surface area contributed by atoms with Gasteiger partial charge in [0.2, 0.25) is 0 Å². The first-order valence-electron chi connectivity index (χ1n) is 4.42. The summed E-state index contributed by atoms with van der Waals surface area (Å²) in [6.07, 6.45) is 4.75. The van der Waals surface area contributed by atoms with E-state index >= 15 is 0 Å². The second kappa shape index (κ2) is 16.9. The molecule has 0 aromatic rings. The largest absolute Gasteiger partial charge is 0.313 e. The first-order chi connectivity index (χ1) is 5.43. The molecule has 2 nitrogen and oxygen atoms in total. The predicted octanol–water partition coefficient (Wildman–Crippen LogP) is 1.63. The Labute approximate surface area is 137 Å². The van der Waals surface area contributed by atoms with Crippen molar-refractivity contribution in [2.45, 2.75) is 32.7 Å². The van der Waals surface area contributed by atoms with Crippen molar-refractivity contribution < 1.29 is 65.4 Å². The van der Waals surface area contributed by atoms with Gasteiger partial charge in [-0.25, -0.2) is 0 Å². The van der Waals surface area contributed by atoms with E-state index in [2.05, 4.69) is 16.3 Å². The molecule has 1 aliphatic rings. The molecular formula is C8H20N2SY2. The van der Waals surface area contributed by atoms with Crippen molar-refractivity contribution in [2.24, 2.45) is 0 Å². The Hall–Kier alpha value is 2.48. The second-order valence-corrected chi connectivity index (χ2v) is 3.04. The first-order valence-corrected chi connectivity index (χ1v) is 5.65. The third kappa shape index (κ3) is 12.4. The Kier molecular flexibility index (Phi) is 27.1. The average molecular weight is 354 g/mol. The SMILES string of the molecule is CC.CSNCC1CCCN1.[Y].[Y]. The molecule has 1 atom stereocenters. The van der Waals surface area contributed by atoms with Crippen molar-refractivity contribution in [1.29, 1.82) is 0 Å². The smallest absolute Gasteiger partial charge is 0.0213 e. The van der Waals surface area contributed by atoms with Crippen molar-refractivity contribution in [3.05, 3.63) is 0 Å². The zero-order valence-corrected chi connectivity index (χ0v) is 15.5. The molecule has 0 aliphatic carbocycles. The van der Waals surface area contributed by atoms with Gasteiger partial charge in [0.1, 0.15) is 0 Å². The van der Waals surface area contributed by atoms with Crippen molar-refractivity contribution in [3.63, 3.8) is 0 Å². The van der Waals surface area contributed by atoms with Crippen LogP contribution in [0.3, 0.4) is 0 Å². The summed E-state index contributed by atoms with van der Waals surface area (Å²) in [6, 6.07) is 0.734. The number of nitrogens with one attached hydrogen (secondary N) is 2. The van der Waals surface area contributed by atoms with Crippen LogP contribution >= 0.6 is 11.9 Å². The third-order valence-electron chi connectivity index (χ3n) is 1.64. The van der Waals surface area contributed by atoms with Crippen molar-refractivity contribution in [1.82, 2.24) is 10.0 Å². The van der Waals surface area contributed by atoms with E-state index in [1.807, 2.05) is 13.8 Å². The summed E-state index contributed by atoms with van der Waals surface area (Å²) >= 11 is 1.70. The van der Waals surface area contributed by atoms with E-state index < -0.39 is 0 Å². The van der Waals surface area contributed by atoms with Crippen LogP contribution in [0.15, 0.2) is 0 Å². The molecule has 2 radical (unpaired) electrons. The summed E-state index contributed by atoms with van der Waals surface area (Å²) in [5.41, 5.74) is 0. The van der Waals surface area contributed by atoms with E-state index in [9.17, 15) is 0 Å². The summed E-state index contributed by atoms with van der Waals surface area (Å²) in [5, 5.41) is 3.42. The monoisotopic (exact) mass is 354 g/mol. The number of hydrogen-bond donors (Lipinski definition) is 2. The minimum Gasteiger partial charge on any atom is -0.313 e.